The molecule has 0 fully saturated rings. The number of benzene rings is 1. The third kappa shape index (κ3) is 3.00. The molecular formula is C21H17FN4O5S. The van der Waals surface area contributed by atoms with Gasteiger partial charge in [0.1, 0.15) is 5.82 Å². The predicted octanol–water partition coefficient (Wildman–Crippen LogP) is 2.74. The number of imide groups is 1. The lowest BCUT2D eigenvalue weighted by atomic mass is 9.93. The Morgan fingerprint density at radius 3 is 2.09 bits per heavy atom. The van der Waals surface area contributed by atoms with Crippen molar-refractivity contribution in [3.8, 4) is 17.7 Å². The van der Waals surface area contributed by atoms with Crippen molar-refractivity contribution in [1.82, 2.24) is 14.5 Å². The Morgan fingerprint density at radius 1 is 0.938 bits per heavy atom. The van der Waals surface area contributed by atoms with Crippen molar-refractivity contribution in [2.24, 2.45) is 0 Å². The topological polar surface area (TPSA) is 104 Å². The number of nitrogens with zero attached hydrogens (tertiary/aromatic N) is 4. The highest BCUT2D eigenvalue weighted by Gasteiger charge is 2.41. The number of thiazole rings is 1. The van der Waals surface area contributed by atoms with Crippen molar-refractivity contribution in [2.45, 2.75) is 25.7 Å². The molecule has 9 nitrogen and oxygen atoms in total. The minimum Gasteiger partial charge on any atom is -0.481 e. The van der Waals surface area contributed by atoms with Crippen LogP contribution in [-0.4, -0.2) is 40.6 Å². The van der Waals surface area contributed by atoms with Crippen LogP contribution in [0.2, 0.25) is 0 Å². The van der Waals surface area contributed by atoms with Crippen LogP contribution in [0.5, 0.6) is 11.8 Å². The Kier molecular flexibility index (Phi) is 4.77. The largest absolute Gasteiger partial charge is 0.481 e. The van der Waals surface area contributed by atoms with Gasteiger partial charge < -0.3 is 9.47 Å². The second kappa shape index (κ2) is 7.52. The van der Waals surface area contributed by atoms with Gasteiger partial charge in [-0.25, -0.2) is 13.9 Å². The van der Waals surface area contributed by atoms with Crippen LogP contribution in [0.1, 0.15) is 25.7 Å². The molecule has 0 saturated carbocycles. The van der Waals surface area contributed by atoms with Crippen molar-refractivity contribution in [3.63, 3.8) is 0 Å². The summed E-state index contributed by atoms with van der Waals surface area (Å²) in [6, 6.07) is 3.90. The number of hydrogen-bond donors (Lipinski definition) is 0. The SMILES string of the molecule is COc1cc(OC)nc(-n2c(=O)sc3cc(F)c(N4C(=O)C5=C(CCCC5)C4=O)cc32)n1. The first-order chi connectivity index (χ1) is 15.4. The molecule has 0 spiro atoms. The molecule has 2 amide bonds. The van der Waals surface area contributed by atoms with E-state index < -0.39 is 22.5 Å². The van der Waals surface area contributed by atoms with Gasteiger partial charge in [0.15, 0.2) is 0 Å². The molecule has 0 unspecified atom stereocenters. The molecule has 1 aliphatic carbocycles. The van der Waals surface area contributed by atoms with Crippen molar-refractivity contribution in [2.75, 3.05) is 19.1 Å². The second-order valence-electron chi connectivity index (χ2n) is 7.34. The maximum atomic E-state index is 15.0. The summed E-state index contributed by atoms with van der Waals surface area (Å²) in [5.74, 6) is -1.48. The zero-order valence-electron chi connectivity index (χ0n) is 17.2. The van der Waals surface area contributed by atoms with E-state index in [0.29, 0.717) is 28.7 Å². The summed E-state index contributed by atoms with van der Waals surface area (Å²) in [7, 11) is 2.82. The quantitative estimate of drug-likeness (QED) is 0.556. The molecule has 1 aliphatic heterocycles. The Hall–Kier alpha value is -3.60. The van der Waals surface area contributed by atoms with Crippen LogP contribution in [0.3, 0.4) is 0 Å². The number of hydrogen-bond acceptors (Lipinski definition) is 8. The van der Waals surface area contributed by atoms with E-state index in [2.05, 4.69) is 9.97 Å². The van der Waals surface area contributed by atoms with Crippen molar-refractivity contribution < 1.29 is 23.5 Å². The summed E-state index contributed by atoms with van der Waals surface area (Å²) in [5.41, 5.74) is 0.953. The molecule has 2 aromatic heterocycles. The van der Waals surface area contributed by atoms with E-state index in [4.69, 9.17) is 9.47 Å². The Morgan fingerprint density at radius 2 is 1.53 bits per heavy atom. The fourth-order valence-electron chi connectivity index (χ4n) is 4.05. The zero-order valence-corrected chi connectivity index (χ0v) is 18.0. The standard InChI is InChI=1S/C21H17FN4O5S/c1-30-16-9-17(31-2)24-20(23-16)26-14-8-13(12(22)7-15(14)32-21(26)29)25-18(27)10-5-3-4-6-11(10)19(25)28/h7-9H,3-6H2,1-2H3. The molecule has 1 aromatic carbocycles. The van der Waals surface area contributed by atoms with Crippen molar-refractivity contribution >= 4 is 39.1 Å². The smallest absolute Gasteiger partial charge is 0.315 e. The number of amides is 2. The van der Waals surface area contributed by atoms with E-state index in [1.54, 1.807) is 0 Å². The number of anilines is 1. The van der Waals surface area contributed by atoms with E-state index >= 15 is 4.39 Å². The highest BCUT2D eigenvalue weighted by atomic mass is 32.1. The number of rotatable bonds is 4. The third-order valence-corrected chi connectivity index (χ3v) is 6.47. The molecule has 3 heterocycles. The first-order valence-electron chi connectivity index (χ1n) is 9.86. The summed E-state index contributed by atoms with van der Waals surface area (Å²) in [4.78, 5) is 47.4. The Labute approximate surface area is 184 Å². The van der Waals surface area contributed by atoms with Gasteiger partial charge in [-0.1, -0.05) is 11.3 Å². The van der Waals surface area contributed by atoms with Gasteiger partial charge in [0.05, 0.1) is 36.2 Å². The van der Waals surface area contributed by atoms with Gasteiger partial charge in [-0.3, -0.25) is 14.4 Å². The van der Waals surface area contributed by atoms with Crippen molar-refractivity contribution in [3.05, 3.63) is 44.8 Å². The minimum absolute atomic E-state index is 0.0356. The van der Waals surface area contributed by atoms with Gasteiger partial charge in [0.2, 0.25) is 17.7 Å². The average Bonchev–Trinajstić information content (AvgIpc) is 3.25. The van der Waals surface area contributed by atoms with E-state index in [-0.39, 0.29) is 28.9 Å². The van der Waals surface area contributed by atoms with Crippen LogP contribution < -0.4 is 19.2 Å². The maximum absolute atomic E-state index is 15.0. The summed E-state index contributed by atoms with van der Waals surface area (Å²) < 4.78 is 26.8. The van der Waals surface area contributed by atoms with Gasteiger partial charge in [-0.15, -0.1) is 0 Å². The minimum atomic E-state index is -0.767. The Bertz CT molecular complexity index is 1340. The van der Waals surface area contributed by atoms with Crippen LogP contribution in [0.4, 0.5) is 10.1 Å². The zero-order chi connectivity index (χ0) is 22.6. The van der Waals surface area contributed by atoms with E-state index in [0.717, 1.165) is 35.1 Å². The van der Waals surface area contributed by atoms with Gasteiger partial charge in [0, 0.05) is 11.1 Å². The average molecular weight is 456 g/mol. The van der Waals surface area contributed by atoms with Crippen LogP contribution >= 0.6 is 11.3 Å². The van der Waals surface area contributed by atoms with Gasteiger partial charge in [-0.05, 0) is 37.8 Å². The molecule has 164 valence electrons. The molecular weight excluding hydrogens is 439 g/mol. The highest BCUT2D eigenvalue weighted by molar-refractivity contribution is 7.16. The number of halogens is 1. The highest BCUT2D eigenvalue weighted by Crippen LogP contribution is 2.38. The molecule has 0 atom stereocenters. The summed E-state index contributed by atoms with van der Waals surface area (Å²) in [5, 5.41) is 0. The summed E-state index contributed by atoms with van der Waals surface area (Å²) in [6.07, 6.45) is 2.63. The molecule has 32 heavy (non-hydrogen) atoms. The molecule has 0 saturated heterocycles. The molecule has 5 rings (SSSR count). The van der Waals surface area contributed by atoms with Crippen LogP contribution in [0.15, 0.2) is 34.1 Å². The van der Waals surface area contributed by atoms with Crippen LogP contribution in [0, 0.1) is 5.82 Å². The summed E-state index contributed by atoms with van der Waals surface area (Å²) >= 11 is 0.795. The van der Waals surface area contributed by atoms with Gasteiger partial charge in [-0.2, -0.15) is 9.97 Å². The third-order valence-electron chi connectivity index (χ3n) is 5.57. The molecule has 0 radical (unpaired) electrons. The fourth-order valence-corrected chi connectivity index (χ4v) is 4.92. The fraction of sp³-hybridized carbons (Fsp3) is 0.286. The van der Waals surface area contributed by atoms with E-state index in [1.165, 1.54) is 30.9 Å². The van der Waals surface area contributed by atoms with E-state index in [9.17, 15) is 14.4 Å². The lowest BCUT2D eigenvalue weighted by Gasteiger charge is -2.16. The molecule has 2 aliphatic rings. The summed E-state index contributed by atoms with van der Waals surface area (Å²) in [6.45, 7) is 0. The number of methoxy groups -OCH3 is 2. The number of aromatic nitrogens is 3. The predicted molar refractivity (Wildman–Crippen MR) is 114 cm³/mol. The lowest BCUT2D eigenvalue weighted by Crippen LogP contribution is -2.32. The monoisotopic (exact) mass is 456 g/mol. The first kappa shape index (κ1) is 20.3. The molecule has 0 N–H and O–H groups in total. The second-order valence-corrected chi connectivity index (χ2v) is 8.33. The maximum Gasteiger partial charge on any atom is 0.315 e. The Balaban J connectivity index is 1.69. The number of carbonyl (C=O) groups is 2. The number of fused-ring (bicyclic) bond motifs is 1. The van der Waals surface area contributed by atoms with Crippen LogP contribution in [0.25, 0.3) is 16.2 Å². The number of carbonyl (C=O) groups excluding carboxylic acids is 2. The van der Waals surface area contributed by atoms with Gasteiger partial charge >= 0.3 is 4.87 Å². The van der Waals surface area contributed by atoms with Crippen LogP contribution in [-0.2, 0) is 9.59 Å². The lowest BCUT2D eigenvalue weighted by molar-refractivity contribution is -0.120. The first-order valence-corrected chi connectivity index (χ1v) is 10.7. The van der Waals surface area contributed by atoms with Crippen molar-refractivity contribution in [1.29, 1.82) is 0 Å². The molecule has 0 bridgehead atoms. The molecule has 11 heteroatoms. The number of ether oxygens (including phenoxy) is 2. The normalized spacial score (nSPS) is 16.2. The molecule has 3 aromatic rings. The van der Waals surface area contributed by atoms with E-state index in [1.807, 2.05) is 0 Å². The van der Waals surface area contributed by atoms with Gasteiger partial charge in [0.25, 0.3) is 11.8 Å².